The highest BCUT2D eigenvalue weighted by Crippen LogP contribution is 2.38. The number of aryl methyl sites for hydroxylation is 1. The van der Waals surface area contributed by atoms with Gasteiger partial charge in [0.05, 0.1) is 18.4 Å². The highest BCUT2D eigenvalue weighted by atomic mass is 32.2. The van der Waals surface area contributed by atoms with Crippen LogP contribution < -0.4 is 14.8 Å². The summed E-state index contributed by atoms with van der Waals surface area (Å²) in [6.45, 7) is 6.02. The Morgan fingerprint density at radius 1 is 1.20 bits per heavy atom. The van der Waals surface area contributed by atoms with Crippen LogP contribution in [0.3, 0.4) is 0 Å². The van der Waals surface area contributed by atoms with E-state index in [-0.39, 0.29) is 23.8 Å². The van der Waals surface area contributed by atoms with E-state index in [9.17, 15) is 10.1 Å². The summed E-state index contributed by atoms with van der Waals surface area (Å²) >= 11 is 2.86. The molecule has 1 N–H and O–H groups in total. The van der Waals surface area contributed by atoms with Crippen molar-refractivity contribution in [1.82, 2.24) is 14.8 Å². The zero-order valence-electron chi connectivity index (χ0n) is 20.3. The molecule has 0 fully saturated rings. The fraction of sp³-hybridized carbons (Fsp3) is 0.440. The zero-order valence-corrected chi connectivity index (χ0v) is 22.0. The summed E-state index contributed by atoms with van der Waals surface area (Å²) in [5.41, 5.74) is 1.74. The van der Waals surface area contributed by atoms with Crippen LogP contribution in [0.1, 0.15) is 67.6 Å². The van der Waals surface area contributed by atoms with Crippen molar-refractivity contribution < 1.29 is 14.3 Å². The number of nitrogens with one attached hydrogen (secondary N) is 1. The van der Waals surface area contributed by atoms with Gasteiger partial charge in [0, 0.05) is 10.9 Å². The Bertz CT molecular complexity index is 1230. The van der Waals surface area contributed by atoms with E-state index in [0.717, 1.165) is 37.0 Å². The van der Waals surface area contributed by atoms with E-state index >= 15 is 0 Å². The molecule has 2 heterocycles. The Labute approximate surface area is 213 Å². The minimum absolute atomic E-state index is 0.0849. The maximum atomic E-state index is 12.8. The molecular formula is C25H29N5O3S2. The average molecular weight is 512 g/mol. The van der Waals surface area contributed by atoms with Crippen molar-refractivity contribution in [2.75, 3.05) is 18.2 Å². The predicted molar refractivity (Wildman–Crippen MR) is 137 cm³/mol. The van der Waals surface area contributed by atoms with Gasteiger partial charge in [-0.15, -0.1) is 21.5 Å². The second-order valence-corrected chi connectivity index (χ2v) is 10.7. The number of aromatic nitrogens is 3. The standard InChI is InChI=1S/C25H29N5O3S2/c1-15(2)30-23(16(3)33-18-11-9-17(32-4)10-12-18)28-29-25(30)34-14-22(31)27-24-20(13-26)19-7-5-6-8-21(19)35-24/h9-12,15-16H,5-8,14H2,1-4H3,(H,27,31). The van der Waals surface area contributed by atoms with Gasteiger partial charge >= 0.3 is 0 Å². The van der Waals surface area contributed by atoms with Gasteiger partial charge in [-0.3, -0.25) is 4.79 Å². The summed E-state index contributed by atoms with van der Waals surface area (Å²) in [6.07, 6.45) is 3.79. The van der Waals surface area contributed by atoms with Crippen molar-refractivity contribution >= 4 is 34.0 Å². The van der Waals surface area contributed by atoms with E-state index in [4.69, 9.17) is 9.47 Å². The molecule has 2 aromatic heterocycles. The minimum Gasteiger partial charge on any atom is -0.497 e. The largest absolute Gasteiger partial charge is 0.497 e. The van der Waals surface area contributed by atoms with Crippen molar-refractivity contribution in [1.29, 1.82) is 5.26 Å². The number of nitriles is 1. The van der Waals surface area contributed by atoms with Gasteiger partial charge in [0.15, 0.2) is 17.1 Å². The zero-order chi connectivity index (χ0) is 24.9. The summed E-state index contributed by atoms with van der Waals surface area (Å²) < 4.78 is 13.3. The molecule has 0 spiro atoms. The second kappa shape index (κ2) is 11.1. The number of thioether (sulfide) groups is 1. The number of nitrogens with zero attached hydrogens (tertiary/aromatic N) is 4. The normalized spacial score (nSPS) is 13.7. The summed E-state index contributed by atoms with van der Waals surface area (Å²) in [5.74, 6) is 2.17. The Hall–Kier alpha value is -3.03. The van der Waals surface area contributed by atoms with E-state index in [0.29, 0.717) is 27.3 Å². The van der Waals surface area contributed by atoms with Crippen LogP contribution in [0.4, 0.5) is 5.00 Å². The maximum absolute atomic E-state index is 12.8. The molecule has 184 valence electrons. The summed E-state index contributed by atoms with van der Waals surface area (Å²) in [4.78, 5) is 14.0. The number of benzene rings is 1. The number of carbonyl (C=O) groups is 1. The van der Waals surface area contributed by atoms with E-state index in [1.54, 1.807) is 7.11 Å². The third-order valence-corrected chi connectivity index (χ3v) is 7.96. The number of anilines is 1. The number of carbonyl (C=O) groups excluding carboxylic acids is 1. The molecule has 0 aliphatic heterocycles. The number of thiophene rings is 1. The van der Waals surface area contributed by atoms with Crippen LogP contribution >= 0.6 is 23.1 Å². The van der Waals surface area contributed by atoms with Gasteiger partial charge in [0.25, 0.3) is 0 Å². The highest BCUT2D eigenvalue weighted by Gasteiger charge is 2.24. The molecule has 4 rings (SSSR count). The molecular weight excluding hydrogens is 482 g/mol. The van der Waals surface area contributed by atoms with Crippen molar-refractivity contribution in [2.24, 2.45) is 0 Å². The van der Waals surface area contributed by atoms with E-state index in [1.165, 1.54) is 28.0 Å². The summed E-state index contributed by atoms with van der Waals surface area (Å²) in [6, 6.07) is 9.76. The number of hydrogen-bond acceptors (Lipinski definition) is 8. The summed E-state index contributed by atoms with van der Waals surface area (Å²) in [5, 5.41) is 22.6. The quantitative estimate of drug-likeness (QED) is 0.376. The Morgan fingerprint density at radius 2 is 1.91 bits per heavy atom. The molecule has 1 amide bonds. The molecule has 1 atom stereocenters. The van der Waals surface area contributed by atoms with Crippen LogP contribution in [-0.4, -0.2) is 33.5 Å². The first kappa shape index (κ1) is 25.1. The van der Waals surface area contributed by atoms with E-state index in [1.807, 2.05) is 49.6 Å². The lowest BCUT2D eigenvalue weighted by atomic mass is 9.96. The van der Waals surface area contributed by atoms with Crippen LogP contribution in [-0.2, 0) is 17.6 Å². The molecule has 1 aliphatic rings. The van der Waals surface area contributed by atoms with Crippen LogP contribution in [0.5, 0.6) is 11.5 Å². The first-order valence-electron chi connectivity index (χ1n) is 11.6. The van der Waals surface area contributed by atoms with Gasteiger partial charge in [0.2, 0.25) is 5.91 Å². The molecule has 0 saturated heterocycles. The molecule has 10 heteroatoms. The maximum Gasteiger partial charge on any atom is 0.235 e. The van der Waals surface area contributed by atoms with Crippen molar-refractivity contribution in [3.8, 4) is 17.6 Å². The fourth-order valence-electron chi connectivity index (χ4n) is 4.13. The van der Waals surface area contributed by atoms with E-state index < -0.39 is 0 Å². The first-order valence-corrected chi connectivity index (χ1v) is 13.4. The van der Waals surface area contributed by atoms with Crippen molar-refractivity contribution in [3.05, 3.63) is 46.1 Å². The van der Waals surface area contributed by atoms with Crippen molar-refractivity contribution in [2.45, 2.75) is 63.8 Å². The molecule has 1 unspecified atom stereocenters. The van der Waals surface area contributed by atoms with Crippen LogP contribution in [0, 0.1) is 11.3 Å². The van der Waals surface area contributed by atoms with Gasteiger partial charge in [-0.25, -0.2) is 0 Å². The Morgan fingerprint density at radius 3 is 2.60 bits per heavy atom. The molecule has 0 radical (unpaired) electrons. The number of hydrogen-bond donors (Lipinski definition) is 1. The predicted octanol–water partition coefficient (Wildman–Crippen LogP) is 5.55. The number of rotatable bonds is 9. The highest BCUT2D eigenvalue weighted by molar-refractivity contribution is 7.99. The summed E-state index contributed by atoms with van der Waals surface area (Å²) in [7, 11) is 1.62. The SMILES string of the molecule is COc1ccc(OC(C)c2nnc(SCC(=O)Nc3sc4c(c3C#N)CCCC4)n2C(C)C)cc1. The molecule has 0 saturated carbocycles. The first-order chi connectivity index (χ1) is 16.9. The molecule has 0 bridgehead atoms. The number of ether oxygens (including phenoxy) is 2. The lowest BCUT2D eigenvalue weighted by molar-refractivity contribution is -0.113. The molecule has 35 heavy (non-hydrogen) atoms. The molecule has 1 aromatic carbocycles. The Kier molecular flexibility index (Phi) is 7.98. The van der Waals surface area contributed by atoms with Gasteiger partial charge in [-0.1, -0.05) is 11.8 Å². The molecule has 3 aromatic rings. The number of methoxy groups -OCH3 is 1. The van der Waals surface area contributed by atoms with Crippen LogP contribution in [0.25, 0.3) is 0 Å². The van der Waals surface area contributed by atoms with Gasteiger partial charge in [0.1, 0.15) is 22.6 Å². The van der Waals surface area contributed by atoms with Crippen LogP contribution in [0.2, 0.25) is 0 Å². The fourth-order valence-corrected chi connectivity index (χ4v) is 6.26. The van der Waals surface area contributed by atoms with Gasteiger partial charge in [-0.05, 0) is 76.3 Å². The van der Waals surface area contributed by atoms with E-state index in [2.05, 4.69) is 21.6 Å². The minimum atomic E-state index is -0.336. The lowest BCUT2D eigenvalue weighted by Crippen LogP contribution is -2.16. The topological polar surface area (TPSA) is 102 Å². The molecule has 8 nitrogen and oxygen atoms in total. The van der Waals surface area contributed by atoms with Crippen LogP contribution in [0.15, 0.2) is 29.4 Å². The monoisotopic (exact) mass is 511 g/mol. The van der Waals surface area contributed by atoms with Gasteiger partial charge < -0.3 is 19.4 Å². The number of fused-ring (bicyclic) bond motifs is 1. The second-order valence-electron chi connectivity index (χ2n) is 8.60. The van der Waals surface area contributed by atoms with Crippen molar-refractivity contribution in [3.63, 3.8) is 0 Å². The third kappa shape index (κ3) is 5.63. The van der Waals surface area contributed by atoms with Gasteiger partial charge in [-0.2, -0.15) is 5.26 Å². The Balaban J connectivity index is 1.43. The number of amides is 1. The lowest BCUT2D eigenvalue weighted by Gasteiger charge is -2.19. The smallest absolute Gasteiger partial charge is 0.235 e. The molecule has 1 aliphatic carbocycles. The third-order valence-electron chi connectivity index (χ3n) is 5.81. The average Bonchev–Trinajstić information content (AvgIpc) is 3.44.